The van der Waals surface area contributed by atoms with Gasteiger partial charge in [0.2, 0.25) is 0 Å². The third-order valence-corrected chi connectivity index (χ3v) is 12.0. The summed E-state index contributed by atoms with van der Waals surface area (Å²) in [6, 6.07) is 6.71. The van der Waals surface area contributed by atoms with Crippen LogP contribution < -0.4 is 0 Å². The monoisotopic (exact) mass is 538 g/mol. The van der Waals surface area contributed by atoms with Crippen LogP contribution in [0.15, 0.2) is 24.3 Å². The van der Waals surface area contributed by atoms with E-state index in [1.807, 2.05) is 0 Å². The van der Waals surface area contributed by atoms with Crippen molar-refractivity contribution in [2.24, 2.45) is 46.3 Å². The zero-order valence-electron chi connectivity index (χ0n) is 24.1. The highest BCUT2D eigenvalue weighted by Crippen LogP contribution is 2.68. The average molecular weight is 539 g/mol. The van der Waals surface area contributed by atoms with Gasteiger partial charge in [0.1, 0.15) is 12.4 Å². The van der Waals surface area contributed by atoms with Crippen LogP contribution in [0.1, 0.15) is 106 Å². The average Bonchev–Trinajstić information content (AvgIpc) is 3.31. The van der Waals surface area contributed by atoms with Gasteiger partial charge in [-0.2, -0.15) is 0 Å². The Balaban J connectivity index is 1.26. The van der Waals surface area contributed by atoms with Crippen LogP contribution >= 0.6 is 0 Å². The Hall–Kier alpha value is -2.21. The minimum Gasteiger partial charge on any atom is -0.469 e. The van der Waals surface area contributed by atoms with Crippen LogP contribution in [-0.4, -0.2) is 42.6 Å². The first kappa shape index (κ1) is 28.3. The van der Waals surface area contributed by atoms with Gasteiger partial charge in [0.15, 0.2) is 0 Å². The van der Waals surface area contributed by atoms with Crippen molar-refractivity contribution in [2.75, 3.05) is 7.11 Å². The van der Waals surface area contributed by atoms with Crippen molar-refractivity contribution in [3.05, 3.63) is 35.4 Å². The summed E-state index contributed by atoms with van der Waals surface area (Å²) < 4.78 is 10.8. The lowest BCUT2D eigenvalue weighted by Crippen LogP contribution is -2.59. The number of carbonyl (C=O) groups excluding carboxylic acids is 3. The lowest BCUT2D eigenvalue weighted by molar-refractivity contribution is -0.175. The molecular formula is C33H46O6. The normalized spacial score (nSPS) is 40.0. The van der Waals surface area contributed by atoms with Gasteiger partial charge in [-0.1, -0.05) is 32.9 Å². The van der Waals surface area contributed by atoms with Crippen LogP contribution in [-0.2, 0) is 14.3 Å². The molecule has 0 unspecified atom stereocenters. The molecule has 0 aliphatic heterocycles. The number of hydrogen-bond acceptors (Lipinski definition) is 6. The molecule has 0 bridgehead atoms. The number of hydrogen-bond donors (Lipinski definition) is 1. The lowest BCUT2D eigenvalue weighted by Gasteiger charge is -2.62. The highest BCUT2D eigenvalue weighted by molar-refractivity contribution is 5.91. The van der Waals surface area contributed by atoms with Gasteiger partial charge in [-0.25, -0.2) is 4.79 Å². The van der Waals surface area contributed by atoms with E-state index in [4.69, 9.17) is 9.47 Å². The van der Waals surface area contributed by atoms with Gasteiger partial charge in [-0.3, -0.25) is 9.59 Å². The number of rotatable bonds is 7. The molecule has 0 aromatic heterocycles. The molecule has 4 aliphatic carbocycles. The number of aliphatic hydroxyl groups is 1. The van der Waals surface area contributed by atoms with E-state index in [-0.39, 0.29) is 35.0 Å². The molecule has 10 atom stereocenters. The third kappa shape index (κ3) is 4.96. The lowest BCUT2D eigenvalue weighted by atomic mass is 9.43. The maximum Gasteiger partial charge on any atom is 0.338 e. The summed E-state index contributed by atoms with van der Waals surface area (Å²) in [5.41, 5.74) is 0.972. The van der Waals surface area contributed by atoms with Crippen molar-refractivity contribution in [2.45, 2.75) is 97.2 Å². The van der Waals surface area contributed by atoms with E-state index in [0.717, 1.165) is 51.2 Å². The number of esters is 2. The molecule has 4 fully saturated rings. The molecule has 0 radical (unpaired) electrons. The second-order valence-corrected chi connectivity index (χ2v) is 13.6. The second kappa shape index (κ2) is 11.0. The first-order valence-corrected chi connectivity index (χ1v) is 15.1. The van der Waals surface area contributed by atoms with Crippen molar-refractivity contribution in [1.29, 1.82) is 0 Å². The summed E-state index contributed by atoms with van der Waals surface area (Å²) in [5, 5.41) is 11.8. The molecule has 1 N–H and O–H groups in total. The molecular weight excluding hydrogens is 492 g/mol. The first-order valence-electron chi connectivity index (χ1n) is 15.1. The molecule has 1 aromatic carbocycles. The third-order valence-electron chi connectivity index (χ3n) is 12.0. The number of aliphatic hydroxyl groups excluding tert-OH is 1. The quantitative estimate of drug-likeness (QED) is 0.326. The fourth-order valence-electron chi connectivity index (χ4n) is 9.86. The van der Waals surface area contributed by atoms with Gasteiger partial charge in [0.05, 0.1) is 18.8 Å². The molecule has 0 spiro atoms. The number of ether oxygens (including phenoxy) is 2. The fourth-order valence-corrected chi connectivity index (χ4v) is 9.86. The van der Waals surface area contributed by atoms with Crippen molar-refractivity contribution in [3.63, 3.8) is 0 Å². The van der Waals surface area contributed by atoms with E-state index in [0.29, 0.717) is 53.1 Å². The first-order chi connectivity index (χ1) is 18.6. The zero-order chi connectivity index (χ0) is 27.9. The number of benzene rings is 1. The highest BCUT2D eigenvalue weighted by Gasteiger charge is 2.63. The van der Waals surface area contributed by atoms with Crippen molar-refractivity contribution in [1.82, 2.24) is 0 Å². The Morgan fingerprint density at radius 1 is 1.10 bits per heavy atom. The van der Waals surface area contributed by atoms with Crippen molar-refractivity contribution < 1.29 is 29.0 Å². The molecule has 214 valence electrons. The van der Waals surface area contributed by atoms with Gasteiger partial charge in [-0.15, -0.1) is 0 Å². The minimum absolute atomic E-state index is 0.0946. The molecule has 5 rings (SSSR count). The van der Waals surface area contributed by atoms with Crippen LogP contribution in [0.2, 0.25) is 0 Å². The molecule has 6 nitrogen and oxygen atoms in total. The molecule has 6 heteroatoms. The summed E-state index contributed by atoms with van der Waals surface area (Å²) in [6.07, 6.45) is 9.83. The smallest absolute Gasteiger partial charge is 0.338 e. The van der Waals surface area contributed by atoms with Crippen molar-refractivity contribution >= 4 is 18.2 Å². The Morgan fingerprint density at radius 3 is 2.64 bits per heavy atom. The number of methoxy groups -OCH3 is 1. The van der Waals surface area contributed by atoms with E-state index in [1.54, 1.807) is 24.3 Å². The predicted molar refractivity (Wildman–Crippen MR) is 148 cm³/mol. The minimum atomic E-state index is -0.344. The topological polar surface area (TPSA) is 89.9 Å². The fraction of sp³-hybridized carbons (Fsp3) is 0.727. The molecule has 4 aliphatic rings. The summed E-state index contributed by atoms with van der Waals surface area (Å²) in [5.74, 6) is 2.46. The van der Waals surface area contributed by atoms with Crippen LogP contribution in [0.3, 0.4) is 0 Å². The molecule has 4 saturated carbocycles. The van der Waals surface area contributed by atoms with E-state index in [2.05, 4.69) is 20.8 Å². The van der Waals surface area contributed by atoms with Gasteiger partial charge in [-0.05, 0) is 116 Å². The SMILES string of the molecule is COC(=O)CC[C@@H](C)[C@H]1CC[C@H]2[C@@H]3CC[C@@H]4C[C@H](OC(=O)c5cccc(C=O)c5)CC[C@]4(C)[C@H]3C[C@H](O)[C@]12C. The maximum absolute atomic E-state index is 12.8. The van der Waals surface area contributed by atoms with E-state index >= 15 is 0 Å². The Morgan fingerprint density at radius 2 is 1.90 bits per heavy atom. The molecule has 0 heterocycles. The second-order valence-electron chi connectivity index (χ2n) is 13.6. The summed E-state index contributed by atoms with van der Waals surface area (Å²) in [7, 11) is 1.45. The van der Waals surface area contributed by atoms with E-state index in [1.165, 1.54) is 20.0 Å². The highest BCUT2D eigenvalue weighted by atomic mass is 16.5. The van der Waals surface area contributed by atoms with Crippen molar-refractivity contribution in [3.8, 4) is 0 Å². The number of carbonyl (C=O) groups is 3. The Labute approximate surface area is 233 Å². The summed E-state index contributed by atoms with van der Waals surface area (Å²) in [4.78, 5) is 35.7. The van der Waals surface area contributed by atoms with Gasteiger partial charge in [0.25, 0.3) is 0 Å². The summed E-state index contributed by atoms with van der Waals surface area (Å²) >= 11 is 0. The van der Waals surface area contributed by atoms with Gasteiger partial charge < -0.3 is 14.6 Å². The predicted octanol–water partition coefficient (Wildman–Crippen LogP) is 6.24. The van der Waals surface area contributed by atoms with Crippen LogP contribution in [0.4, 0.5) is 0 Å². The van der Waals surface area contributed by atoms with Gasteiger partial charge >= 0.3 is 11.9 Å². The van der Waals surface area contributed by atoms with E-state index in [9.17, 15) is 19.5 Å². The molecule has 1 aromatic rings. The maximum atomic E-state index is 12.8. The Bertz CT molecular complexity index is 1080. The zero-order valence-corrected chi connectivity index (χ0v) is 24.1. The number of aldehydes is 1. The number of fused-ring (bicyclic) bond motifs is 5. The molecule has 39 heavy (non-hydrogen) atoms. The largest absolute Gasteiger partial charge is 0.469 e. The standard InChI is InChI=1S/C33H46O6/c1-20(8-13-30(36)38-4)26-11-12-27-25-10-9-23-17-24(39-31(37)22-7-5-6-21(16-22)19-34)14-15-32(23,2)28(25)18-29(35)33(26,27)3/h5-7,16,19-20,23-29,35H,8-15,17-18H2,1-4H3/t20-,23-,24-,25+,26-,27+,28+,29+,32+,33-/m1/s1. The van der Waals surface area contributed by atoms with E-state index < -0.39 is 0 Å². The molecule has 0 saturated heterocycles. The Kier molecular flexibility index (Phi) is 7.98. The molecule has 0 amide bonds. The van der Waals surface area contributed by atoms with Crippen LogP contribution in [0.5, 0.6) is 0 Å². The van der Waals surface area contributed by atoms with Crippen LogP contribution in [0, 0.1) is 46.3 Å². The summed E-state index contributed by atoms with van der Waals surface area (Å²) in [6.45, 7) is 7.05. The van der Waals surface area contributed by atoms with Crippen LogP contribution in [0.25, 0.3) is 0 Å². The van der Waals surface area contributed by atoms with Gasteiger partial charge in [0, 0.05) is 12.0 Å².